The Bertz CT molecular complexity index is 1780. The second-order valence-corrected chi connectivity index (χ2v) is 14.2. The van der Waals surface area contributed by atoms with Gasteiger partial charge in [-0.15, -0.1) is 0 Å². The van der Waals surface area contributed by atoms with Gasteiger partial charge in [0.1, 0.15) is 12.6 Å². The Morgan fingerprint density at radius 3 is 2.04 bits per heavy atom. The maximum atomic E-state index is 14.6. The molecule has 0 aromatic heterocycles. The van der Waals surface area contributed by atoms with Gasteiger partial charge in [-0.2, -0.15) is 0 Å². The van der Waals surface area contributed by atoms with E-state index in [4.69, 9.17) is 46.4 Å². The summed E-state index contributed by atoms with van der Waals surface area (Å²) < 4.78 is 29.2. The zero-order valence-electron chi connectivity index (χ0n) is 25.2. The van der Waals surface area contributed by atoms with E-state index >= 15 is 0 Å². The van der Waals surface area contributed by atoms with Crippen molar-refractivity contribution in [3.05, 3.63) is 128 Å². The molecule has 12 heteroatoms. The van der Waals surface area contributed by atoms with E-state index in [-0.39, 0.29) is 50.6 Å². The molecular weight excluding hydrogens is 688 g/mol. The summed E-state index contributed by atoms with van der Waals surface area (Å²) in [7, 11) is -4.33. The fraction of sp³-hybridized carbons (Fsp3) is 0.235. The van der Waals surface area contributed by atoms with E-state index < -0.39 is 28.5 Å². The number of carbonyl (C=O) groups is 2. The van der Waals surface area contributed by atoms with Crippen molar-refractivity contribution in [3.8, 4) is 0 Å². The zero-order valence-corrected chi connectivity index (χ0v) is 29.0. The first-order chi connectivity index (χ1) is 21.9. The maximum Gasteiger partial charge on any atom is 0.264 e. The van der Waals surface area contributed by atoms with Gasteiger partial charge in [-0.3, -0.25) is 13.9 Å². The number of rotatable bonds is 13. The molecule has 7 nitrogen and oxygen atoms in total. The van der Waals surface area contributed by atoms with E-state index in [2.05, 4.69) is 5.32 Å². The summed E-state index contributed by atoms with van der Waals surface area (Å²) in [5.41, 5.74) is 1.42. The zero-order chi connectivity index (χ0) is 33.4. The SMILES string of the molecule is CC[C@H](C)NC(=O)[C@@H](Cc1ccccc1)N(Cc1ccc(Cl)c(Cl)c1)C(=O)CN(c1cc(Cl)ccc1Cl)S(=O)(=O)c1ccccc1. The van der Waals surface area contributed by atoms with Gasteiger partial charge in [-0.05, 0) is 66.9 Å². The first-order valence-corrected chi connectivity index (χ1v) is 17.5. The van der Waals surface area contributed by atoms with E-state index in [1.807, 2.05) is 44.2 Å². The van der Waals surface area contributed by atoms with Gasteiger partial charge in [0.25, 0.3) is 10.0 Å². The van der Waals surface area contributed by atoms with Crippen LogP contribution in [-0.4, -0.2) is 43.8 Å². The molecule has 46 heavy (non-hydrogen) atoms. The van der Waals surface area contributed by atoms with Crippen molar-refractivity contribution in [3.63, 3.8) is 0 Å². The van der Waals surface area contributed by atoms with Crippen molar-refractivity contribution in [1.82, 2.24) is 10.2 Å². The molecule has 242 valence electrons. The first-order valence-electron chi connectivity index (χ1n) is 14.5. The van der Waals surface area contributed by atoms with Crippen LogP contribution >= 0.6 is 46.4 Å². The second-order valence-electron chi connectivity index (χ2n) is 10.7. The lowest BCUT2D eigenvalue weighted by molar-refractivity contribution is -0.140. The molecule has 0 aliphatic carbocycles. The second kappa shape index (κ2) is 16.0. The summed E-state index contributed by atoms with van der Waals surface area (Å²) in [4.78, 5) is 29.8. The van der Waals surface area contributed by atoms with Crippen LogP contribution < -0.4 is 9.62 Å². The van der Waals surface area contributed by atoms with Crippen LogP contribution in [-0.2, 0) is 32.6 Å². The summed E-state index contributed by atoms with van der Waals surface area (Å²) in [5, 5.41) is 3.90. The molecule has 0 radical (unpaired) electrons. The molecule has 4 rings (SSSR count). The number of anilines is 1. The number of benzene rings is 4. The Balaban J connectivity index is 1.85. The fourth-order valence-electron chi connectivity index (χ4n) is 4.74. The molecule has 0 spiro atoms. The van der Waals surface area contributed by atoms with Crippen LogP contribution in [0.3, 0.4) is 0 Å². The van der Waals surface area contributed by atoms with Crippen LogP contribution in [0.1, 0.15) is 31.4 Å². The third-order valence-corrected chi connectivity index (χ3v) is 10.5. The van der Waals surface area contributed by atoms with E-state index in [0.29, 0.717) is 17.0 Å². The number of amides is 2. The lowest BCUT2D eigenvalue weighted by Crippen LogP contribution is -2.54. The van der Waals surface area contributed by atoms with Crippen LogP contribution in [0.15, 0.2) is 102 Å². The van der Waals surface area contributed by atoms with Gasteiger partial charge in [0.2, 0.25) is 11.8 Å². The Morgan fingerprint density at radius 1 is 0.783 bits per heavy atom. The Labute approximate surface area is 290 Å². The van der Waals surface area contributed by atoms with Crippen LogP contribution in [0.5, 0.6) is 0 Å². The third kappa shape index (κ3) is 8.96. The van der Waals surface area contributed by atoms with Gasteiger partial charge in [0.15, 0.2) is 0 Å². The highest BCUT2D eigenvalue weighted by Crippen LogP contribution is 2.33. The van der Waals surface area contributed by atoms with Gasteiger partial charge >= 0.3 is 0 Å². The van der Waals surface area contributed by atoms with Gasteiger partial charge in [-0.25, -0.2) is 8.42 Å². The molecule has 0 unspecified atom stereocenters. The van der Waals surface area contributed by atoms with E-state index in [0.717, 1.165) is 9.87 Å². The molecule has 0 heterocycles. The van der Waals surface area contributed by atoms with Crippen LogP contribution in [0.25, 0.3) is 0 Å². The molecule has 4 aromatic rings. The standard InChI is InChI=1S/C34H33Cl4N3O4S/c1-3-23(2)39-34(43)32(19-24-10-6-4-7-11-24)40(21-25-14-16-28(36)30(38)18-25)33(42)22-41(31-20-26(35)15-17-29(31)37)46(44,45)27-12-8-5-9-13-27/h4-18,20,23,32H,3,19,21-22H2,1-2H3,(H,39,43)/t23-,32+/m0/s1. The largest absolute Gasteiger partial charge is 0.352 e. The Hall–Kier alpha value is -3.27. The minimum atomic E-state index is -4.33. The summed E-state index contributed by atoms with van der Waals surface area (Å²) in [6.07, 6.45) is 0.834. The predicted molar refractivity (Wildman–Crippen MR) is 186 cm³/mol. The molecular formula is C34H33Cl4N3O4S. The summed E-state index contributed by atoms with van der Waals surface area (Å²) >= 11 is 25.3. The van der Waals surface area contributed by atoms with Crippen LogP contribution in [0.2, 0.25) is 20.1 Å². The molecule has 0 aliphatic heterocycles. The highest BCUT2D eigenvalue weighted by molar-refractivity contribution is 7.92. The van der Waals surface area contributed by atoms with Crippen molar-refractivity contribution < 1.29 is 18.0 Å². The van der Waals surface area contributed by atoms with Crippen LogP contribution in [0, 0.1) is 0 Å². The van der Waals surface area contributed by atoms with E-state index in [9.17, 15) is 18.0 Å². The Kier molecular flexibility index (Phi) is 12.4. The molecule has 1 N–H and O–H groups in total. The molecule has 2 amide bonds. The number of carbonyl (C=O) groups excluding carboxylic acids is 2. The number of halogens is 4. The summed E-state index contributed by atoms with van der Waals surface area (Å²) in [6.45, 7) is 3.07. The minimum Gasteiger partial charge on any atom is -0.352 e. The van der Waals surface area contributed by atoms with E-state index in [1.54, 1.807) is 36.4 Å². The first kappa shape index (κ1) is 35.6. The normalized spacial score (nSPS) is 12.7. The van der Waals surface area contributed by atoms with E-state index in [1.165, 1.54) is 35.2 Å². The quantitative estimate of drug-likeness (QED) is 0.152. The van der Waals surface area contributed by atoms with Crippen molar-refractivity contribution >= 4 is 73.9 Å². The maximum absolute atomic E-state index is 14.6. The highest BCUT2D eigenvalue weighted by Gasteiger charge is 2.35. The van der Waals surface area contributed by atoms with Crippen molar-refractivity contribution in [1.29, 1.82) is 0 Å². The van der Waals surface area contributed by atoms with Gasteiger partial charge in [-0.1, -0.05) is 108 Å². The minimum absolute atomic E-state index is 0.0181. The molecule has 0 saturated carbocycles. The number of sulfonamides is 1. The van der Waals surface area contributed by atoms with Crippen molar-refractivity contribution in [2.45, 2.75) is 50.2 Å². The lowest BCUT2D eigenvalue weighted by Gasteiger charge is -2.34. The molecule has 4 aromatic carbocycles. The molecule has 0 saturated heterocycles. The average Bonchev–Trinajstić information content (AvgIpc) is 3.05. The molecule has 0 fully saturated rings. The molecule has 0 bridgehead atoms. The summed E-state index contributed by atoms with van der Waals surface area (Å²) in [5.74, 6) is -1.04. The molecule has 0 aliphatic rings. The van der Waals surface area contributed by atoms with Crippen molar-refractivity contribution in [2.24, 2.45) is 0 Å². The third-order valence-electron chi connectivity index (χ3n) is 7.40. The van der Waals surface area contributed by atoms with Gasteiger partial charge in [0.05, 0.1) is 25.7 Å². The van der Waals surface area contributed by atoms with Crippen LogP contribution in [0.4, 0.5) is 5.69 Å². The number of hydrogen-bond acceptors (Lipinski definition) is 4. The lowest BCUT2D eigenvalue weighted by atomic mass is 10.0. The Morgan fingerprint density at radius 2 is 1.41 bits per heavy atom. The smallest absolute Gasteiger partial charge is 0.264 e. The fourth-order valence-corrected chi connectivity index (χ4v) is 6.94. The topological polar surface area (TPSA) is 86.8 Å². The predicted octanol–water partition coefficient (Wildman–Crippen LogP) is 8.05. The van der Waals surface area contributed by atoms with Crippen molar-refractivity contribution in [2.75, 3.05) is 10.8 Å². The monoisotopic (exact) mass is 719 g/mol. The summed E-state index contributed by atoms with van der Waals surface area (Å²) in [6, 6.07) is 25.1. The average molecular weight is 722 g/mol. The number of hydrogen-bond donors (Lipinski definition) is 1. The number of nitrogens with one attached hydrogen (secondary N) is 1. The van der Waals surface area contributed by atoms with Gasteiger partial charge in [0, 0.05) is 24.0 Å². The van der Waals surface area contributed by atoms with Gasteiger partial charge < -0.3 is 10.2 Å². The number of nitrogens with zero attached hydrogens (tertiary/aromatic N) is 2. The molecule has 2 atom stereocenters. The highest BCUT2D eigenvalue weighted by atomic mass is 35.5.